The quantitative estimate of drug-likeness (QED) is 0.462. The van der Waals surface area contributed by atoms with Crippen molar-refractivity contribution in [1.82, 2.24) is 15.0 Å². The van der Waals surface area contributed by atoms with Crippen LogP contribution in [0.2, 0.25) is 0 Å². The van der Waals surface area contributed by atoms with Crippen molar-refractivity contribution in [3.63, 3.8) is 0 Å². The van der Waals surface area contributed by atoms with Crippen molar-refractivity contribution in [2.24, 2.45) is 5.73 Å². The number of nitrogens with zero attached hydrogens (tertiary/aromatic N) is 4. The Kier molecular flexibility index (Phi) is 5.59. The molecule has 9 heteroatoms. The van der Waals surface area contributed by atoms with E-state index in [1.807, 2.05) is 26.0 Å². The van der Waals surface area contributed by atoms with Crippen LogP contribution in [0.1, 0.15) is 23.9 Å². The molecule has 2 aromatic heterocycles. The molecular formula is C24H27FN6O2. The normalized spacial score (nSPS) is 18.9. The summed E-state index contributed by atoms with van der Waals surface area (Å²) in [6.07, 6.45) is 2.09. The van der Waals surface area contributed by atoms with Gasteiger partial charge < -0.3 is 25.4 Å². The molecule has 33 heavy (non-hydrogen) atoms. The first-order chi connectivity index (χ1) is 16.0. The number of nitrogens with one attached hydrogen (secondary N) is 1. The molecule has 0 spiro atoms. The second-order valence-electron chi connectivity index (χ2n) is 8.36. The average Bonchev–Trinajstić information content (AvgIpc) is 3.35. The van der Waals surface area contributed by atoms with Crippen molar-refractivity contribution in [1.29, 1.82) is 0 Å². The first-order valence-corrected chi connectivity index (χ1v) is 11.1. The zero-order chi connectivity index (χ0) is 23.1. The summed E-state index contributed by atoms with van der Waals surface area (Å²) in [4.78, 5) is 15.8. The van der Waals surface area contributed by atoms with Gasteiger partial charge in [-0.15, -0.1) is 0 Å². The first kappa shape index (κ1) is 21.5. The van der Waals surface area contributed by atoms with E-state index in [0.717, 1.165) is 33.8 Å². The molecule has 8 nitrogen and oxygen atoms in total. The third-order valence-corrected chi connectivity index (χ3v) is 6.12. The molecule has 2 atom stereocenters. The van der Waals surface area contributed by atoms with Gasteiger partial charge in [-0.25, -0.2) is 4.39 Å². The molecule has 0 amide bonds. The number of rotatable bonds is 6. The fraction of sp³-hybridized carbons (Fsp3) is 0.375. The zero-order valence-electron chi connectivity index (χ0n) is 18.9. The fourth-order valence-corrected chi connectivity index (χ4v) is 4.57. The maximum atomic E-state index is 14.5. The largest absolute Gasteiger partial charge is 0.423 e. The van der Waals surface area contributed by atoms with Gasteiger partial charge in [-0.1, -0.05) is 0 Å². The van der Waals surface area contributed by atoms with Gasteiger partial charge in [0.15, 0.2) is 0 Å². The van der Waals surface area contributed by atoms with Crippen LogP contribution >= 0.6 is 0 Å². The van der Waals surface area contributed by atoms with Gasteiger partial charge in [0.05, 0.1) is 24.0 Å². The van der Waals surface area contributed by atoms with Crippen LogP contribution in [0.3, 0.4) is 0 Å². The van der Waals surface area contributed by atoms with Crippen molar-refractivity contribution in [3.8, 4) is 22.9 Å². The molecule has 0 saturated carbocycles. The summed E-state index contributed by atoms with van der Waals surface area (Å²) in [6.45, 7) is 5.62. The molecule has 2 aliphatic rings. The van der Waals surface area contributed by atoms with E-state index in [2.05, 4.69) is 15.2 Å². The Morgan fingerprint density at radius 3 is 2.82 bits per heavy atom. The molecule has 3 aromatic rings. The van der Waals surface area contributed by atoms with Crippen LogP contribution < -0.4 is 20.7 Å². The van der Waals surface area contributed by atoms with Crippen molar-refractivity contribution >= 4 is 11.5 Å². The monoisotopic (exact) mass is 450 g/mol. The van der Waals surface area contributed by atoms with Crippen molar-refractivity contribution in [2.45, 2.75) is 32.4 Å². The lowest BCUT2D eigenvalue weighted by atomic mass is 10.0. The molecule has 1 aliphatic carbocycles. The van der Waals surface area contributed by atoms with Crippen LogP contribution in [0.4, 0.5) is 15.9 Å². The Bertz CT molecular complexity index is 1190. The van der Waals surface area contributed by atoms with Crippen LogP contribution in [0.25, 0.3) is 11.1 Å². The summed E-state index contributed by atoms with van der Waals surface area (Å²) >= 11 is 0. The third kappa shape index (κ3) is 3.98. The first-order valence-electron chi connectivity index (χ1n) is 11.1. The van der Waals surface area contributed by atoms with Gasteiger partial charge >= 0.3 is 6.01 Å². The van der Waals surface area contributed by atoms with Crippen LogP contribution in [-0.4, -0.2) is 53.8 Å². The number of anilines is 2. The van der Waals surface area contributed by atoms with Crippen molar-refractivity contribution in [2.75, 3.05) is 37.0 Å². The Labute approximate surface area is 192 Å². The highest BCUT2D eigenvalue weighted by atomic mass is 19.1. The lowest BCUT2D eigenvalue weighted by Gasteiger charge is -2.21. The Morgan fingerprint density at radius 2 is 2.09 bits per heavy atom. The van der Waals surface area contributed by atoms with E-state index in [0.29, 0.717) is 37.7 Å². The van der Waals surface area contributed by atoms with E-state index < -0.39 is 0 Å². The van der Waals surface area contributed by atoms with Gasteiger partial charge in [0.1, 0.15) is 17.4 Å². The predicted molar refractivity (Wildman–Crippen MR) is 124 cm³/mol. The number of halogens is 1. The van der Waals surface area contributed by atoms with E-state index in [-0.39, 0.29) is 24.0 Å². The maximum absolute atomic E-state index is 14.5. The summed E-state index contributed by atoms with van der Waals surface area (Å²) < 4.78 is 26.3. The van der Waals surface area contributed by atoms with E-state index in [1.165, 1.54) is 6.07 Å². The molecule has 3 N–H and O–H groups in total. The molecule has 1 fully saturated rings. The van der Waals surface area contributed by atoms with E-state index in [9.17, 15) is 4.39 Å². The minimum atomic E-state index is -0.312. The Hall–Kier alpha value is -3.30. The van der Waals surface area contributed by atoms with Gasteiger partial charge in [0.2, 0.25) is 0 Å². The number of ether oxygens (including phenoxy) is 2. The molecule has 1 saturated heterocycles. The highest BCUT2D eigenvalue weighted by Gasteiger charge is 2.36. The topological polar surface area (TPSA) is 98.4 Å². The second-order valence-corrected chi connectivity index (χ2v) is 8.36. The predicted octanol–water partition coefficient (Wildman–Crippen LogP) is 3.28. The molecule has 1 aliphatic heterocycles. The second kappa shape index (κ2) is 8.57. The number of nitrogens with two attached hydrogens (primary N) is 1. The van der Waals surface area contributed by atoms with Crippen LogP contribution in [0, 0.1) is 12.7 Å². The molecule has 5 rings (SSSR count). The zero-order valence-corrected chi connectivity index (χ0v) is 18.9. The summed E-state index contributed by atoms with van der Waals surface area (Å²) in [7, 11) is 1.79. The van der Waals surface area contributed by atoms with Crippen molar-refractivity contribution < 1.29 is 13.9 Å². The molecule has 0 radical (unpaired) electrons. The van der Waals surface area contributed by atoms with Gasteiger partial charge in [0.25, 0.3) is 0 Å². The van der Waals surface area contributed by atoms with E-state index in [1.54, 1.807) is 19.3 Å². The third-order valence-electron chi connectivity index (χ3n) is 6.12. The average molecular weight is 451 g/mol. The molecule has 1 unspecified atom stereocenters. The summed E-state index contributed by atoms with van der Waals surface area (Å²) in [5, 5.41) is 3.10. The summed E-state index contributed by atoms with van der Waals surface area (Å²) in [6, 6.07) is 6.83. The standard InChI is InChI=1S/C24H27FN6O2/c1-4-32-21-12-31(11-18(21)26)23-22-17-7-14(25)8-19(27-3)16(17)9-20(22)29-24(30-23)33-15-6-5-13(2)28-10-15/h5-8,10,18,21,27H,4,9,11-12,26H2,1-3H3/t18-,21?/m0/s1. The van der Waals surface area contributed by atoms with E-state index in [4.69, 9.17) is 25.2 Å². The van der Waals surface area contributed by atoms with Gasteiger partial charge in [-0.3, -0.25) is 4.98 Å². The highest BCUT2D eigenvalue weighted by Crippen LogP contribution is 2.46. The van der Waals surface area contributed by atoms with Crippen molar-refractivity contribution in [3.05, 3.63) is 53.2 Å². The smallest absolute Gasteiger partial charge is 0.324 e. The molecule has 3 heterocycles. The SMILES string of the molecule is CCOC1CN(c2nc(Oc3ccc(C)nc3)nc3c2-c2cc(F)cc(NC)c2C3)C[C@@H]1N. The summed E-state index contributed by atoms with van der Waals surface area (Å²) in [5.74, 6) is 0.918. The van der Waals surface area contributed by atoms with Gasteiger partial charge in [-0.2, -0.15) is 9.97 Å². The number of benzene rings is 1. The van der Waals surface area contributed by atoms with E-state index >= 15 is 0 Å². The number of hydrogen-bond donors (Lipinski definition) is 2. The maximum Gasteiger partial charge on any atom is 0.324 e. The molecule has 0 bridgehead atoms. The Morgan fingerprint density at radius 1 is 1.24 bits per heavy atom. The number of hydrogen-bond acceptors (Lipinski definition) is 8. The highest BCUT2D eigenvalue weighted by molar-refractivity contribution is 5.88. The lowest BCUT2D eigenvalue weighted by molar-refractivity contribution is 0.0680. The minimum absolute atomic E-state index is 0.104. The number of fused-ring (bicyclic) bond motifs is 3. The van der Waals surface area contributed by atoms with Gasteiger partial charge in [0, 0.05) is 50.1 Å². The summed E-state index contributed by atoms with van der Waals surface area (Å²) in [5.41, 5.74) is 11.4. The Balaban J connectivity index is 1.60. The van der Waals surface area contributed by atoms with Crippen LogP contribution in [-0.2, 0) is 11.2 Å². The number of aromatic nitrogens is 3. The number of pyridine rings is 1. The number of aryl methyl sites for hydroxylation is 1. The van der Waals surface area contributed by atoms with Crippen LogP contribution in [0.15, 0.2) is 30.5 Å². The van der Waals surface area contributed by atoms with Gasteiger partial charge in [-0.05, 0) is 49.2 Å². The van der Waals surface area contributed by atoms with Crippen LogP contribution in [0.5, 0.6) is 11.8 Å². The molecule has 172 valence electrons. The lowest BCUT2D eigenvalue weighted by Crippen LogP contribution is -2.35. The fourth-order valence-electron chi connectivity index (χ4n) is 4.57. The molecule has 1 aromatic carbocycles. The molecular weight excluding hydrogens is 423 g/mol. The minimum Gasteiger partial charge on any atom is -0.423 e.